The van der Waals surface area contributed by atoms with E-state index in [0.717, 1.165) is 32.5 Å². The van der Waals surface area contributed by atoms with Crippen LogP contribution in [0.25, 0.3) is 0 Å². The van der Waals surface area contributed by atoms with Gasteiger partial charge in [-0.15, -0.1) is 0 Å². The van der Waals surface area contributed by atoms with E-state index in [1.54, 1.807) is 0 Å². The minimum Gasteiger partial charge on any atom is -0.338 e. The Hall–Kier alpha value is -1.14. The maximum absolute atomic E-state index is 12.2. The predicted octanol–water partition coefficient (Wildman–Crippen LogP) is 0.931. The lowest BCUT2D eigenvalue weighted by Gasteiger charge is -2.36. The highest BCUT2D eigenvalue weighted by Gasteiger charge is 2.27. The van der Waals surface area contributed by atoms with Crippen LogP contribution in [-0.2, 0) is 4.79 Å². The zero-order chi connectivity index (χ0) is 15.8. The summed E-state index contributed by atoms with van der Waals surface area (Å²) in [5, 5.41) is 8.35. The van der Waals surface area contributed by atoms with Gasteiger partial charge in [0.05, 0.1) is 6.04 Å². The summed E-state index contributed by atoms with van der Waals surface area (Å²) in [5.74, 6) is 0.386. The third-order valence-electron chi connectivity index (χ3n) is 4.04. The van der Waals surface area contributed by atoms with Crippen molar-refractivity contribution in [3.8, 4) is 0 Å². The molecule has 0 aliphatic carbocycles. The average Bonchev–Trinajstić information content (AvgIpc) is 2.45. The summed E-state index contributed by atoms with van der Waals surface area (Å²) in [5.41, 5.74) is 0. The molecule has 3 amide bonds. The zero-order valence-electron chi connectivity index (χ0n) is 13.7. The second-order valence-electron chi connectivity index (χ2n) is 6.01. The topological polar surface area (TPSA) is 73.5 Å². The molecule has 1 rings (SSSR count). The molecule has 0 saturated carbocycles. The van der Waals surface area contributed by atoms with E-state index in [1.165, 1.54) is 0 Å². The number of nitrogens with zero attached hydrogens (tertiary/aromatic N) is 1. The van der Waals surface area contributed by atoms with Crippen LogP contribution in [0.1, 0.15) is 40.5 Å². The number of amides is 3. The molecule has 3 N–H and O–H groups in total. The van der Waals surface area contributed by atoms with Crippen LogP contribution in [0, 0.1) is 5.92 Å². The molecular formula is C15H30N4O2. The summed E-state index contributed by atoms with van der Waals surface area (Å²) >= 11 is 0. The molecule has 6 heteroatoms. The Morgan fingerprint density at radius 1 is 1.24 bits per heavy atom. The van der Waals surface area contributed by atoms with Crippen molar-refractivity contribution in [2.75, 3.05) is 26.2 Å². The highest BCUT2D eigenvalue weighted by Crippen LogP contribution is 2.17. The Balaban J connectivity index is 2.57. The monoisotopic (exact) mass is 298 g/mol. The molecule has 122 valence electrons. The highest BCUT2D eigenvalue weighted by atomic mass is 16.2. The number of imide groups is 1. The minimum atomic E-state index is -0.417. The molecule has 0 bridgehead atoms. The van der Waals surface area contributed by atoms with Gasteiger partial charge in [0.15, 0.2) is 0 Å². The maximum Gasteiger partial charge on any atom is 0.321 e. The number of hydrogen-bond donors (Lipinski definition) is 3. The summed E-state index contributed by atoms with van der Waals surface area (Å²) in [6, 6.07) is -0.447. The van der Waals surface area contributed by atoms with Crippen LogP contribution in [-0.4, -0.2) is 55.1 Å². The molecule has 1 aliphatic heterocycles. The Morgan fingerprint density at radius 2 is 1.86 bits per heavy atom. The normalized spacial score (nSPS) is 17.8. The first-order chi connectivity index (χ1) is 9.95. The lowest BCUT2D eigenvalue weighted by atomic mass is 9.96. The van der Waals surface area contributed by atoms with Gasteiger partial charge >= 0.3 is 6.03 Å². The van der Waals surface area contributed by atoms with Gasteiger partial charge in [-0.2, -0.15) is 0 Å². The number of rotatable bonds is 6. The maximum atomic E-state index is 12.2. The standard InChI is InChI=1S/C15H30N4O2/c1-5-17-15(21)18-14(20)12(4)19(11(2)3)10-13-6-8-16-9-7-13/h11-13,16H,5-10H2,1-4H3,(H2,17,18,20,21). The molecule has 0 aromatic carbocycles. The number of urea groups is 1. The van der Waals surface area contributed by atoms with E-state index in [0.29, 0.717) is 12.5 Å². The SMILES string of the molecule is CCNC(=O)NC(=O)C(C)N(CC1CCNCC1)C(C)C. The third kappa shape index (κ3) is 6.01. The van der Waals surface area contributed by atoms with E-state index in [9.17, 15) is 9.59 Å². The van der Waals surface area contributed by atoms with Gasteiger partial charge in [-0.25, -0.2) is 4.79 Å². The molecule has 1 aliphatic rings. The largest absolute Gasteiger partial charge is 0.338 e. The van der Waals surface area contributed by atoms with Gasteiger partial charge in [0.25, 0.3) is 0 Å². The molecule has 0 radical (unpaired) electrons. The second-order valence-corrected chi connectivity index (χ2v) is 6.01. The van der Waals surface area contributed by atoms with Crippen molar-refractivity contribution in [3.05, 3.63) is 0 Å². The average molecular weight is 298 g/mol. The lowest BCUT2D eigenvalue weighted by molar-refractivity contribution is -0.125. The van der Waals surface area contributed by atoms with Crippen molar-refractivity contribution in [1.82, 2.24) is 20.9 Å². The van der Waals surface area contributed by atoms with Crippen LogP contribution in [0.3, 0.4) is 0 Å². The van der Waals surface area contributed by atoms with Gasteiger partial charge in [0.2, 0.25) is 5.91 Å². The Bertz CT molecular complexity index is 341. The summed E-state index contributed by atoms with van der Waals surface area (Å²) < 4.78 is 0. The number of nitrogens with one attached hydrogen (secondary N) is 3. The van der Waals surface area contributed by atoms with Crippen molar-refractivity contribution in [2.24, 2.45) is 5.92 Å². The predicted molar refractivity (Wildman–Crippen MR) is 84.1 cm³/mol. The van der Waals surface area contributed by atoms with Crippen LogP contribution in [0.4, 0.5) is 4.79 Å². The van der Waals surface area contributed by atoms with E-state index in [1.807, 2.05) is 13.8 Å². The lowest BCUT2D eigenvalue weighted by Crippen LogP contribution is -2.53. The first kappa shape index (κ1) is 17.9. The Labute approximate surface area is 128 Å². The molecule has 21 heavy (non-hydrogen) atoms. The van der Waals surface area contributed by atoms with E-state index >= 15 is 0 Å². The van der Waals surface area contributed by atoms with Gasteiger partial charge in [-0.05, 0) is 59.5 Å². The number of carbonyl (C=O) groups excluding carboxylic acids is 2. The Morgan fingerprint density at radius 3 is 2.38 bits per heavy atom. The molecule has 6 nitrogen and oxygen atoms in total. The molecule has 1 atom stereocenters. The molecular weight excluding hydrogens is 268 g/mol. The van der Waals surface area contributed by atoms with Crippen molar-refractivity contribution >= 4 is 11.9 Å². The van der Waals surface area contributed by atoms with E-state index in [2.05, 4.69) is 34.7 Å². The van der Waals surface area contributed by atoms with Crippen LogP contribution >= 0.6 is 0 Å². The zero-order valence-corrected chi connectivity index (χ0v) is 13.7. The molecule has 1 saturated heterocycles. The first-order valence-corrected chi connectivity index (χ1v) is 8.00. The van der Waals surface area contributed by atoms with Crippen LogP contribution in [0.5, 0.6) is 0 Å². The number of hydrogen-bond acceptors (Lipinski definition) is 4. The molecule has 1 fully saturated rings. The molecule has 0 spiro atoms. The molecule has 1 heterocycles. The molecule has 0 aromatic rings. The summed E-state index contributed by atoms with van der Waals surface area (Å²) in [6.07, 6.45) is 2.29. The van der Waals surface area contributed by atoms with E-state index in [4.69, 9.17) is 0 Å². The van der Waals surface area contributed by atoms with Crippen LogP contribution < -0.4 is 16.0 Å². The summed E-state index contributed by atoms with van der Waals surface area (Å²) in [6.45, 7) is 11.4. The highest BCUT2D eigenvalue weighted by molar-refractivity contribution is 5.96. The third-order valence-corrected chi connectivity index (χ3v) is 4.04. The quantitative estimate of drug-likeness (QED) is 0.682. The van der Waals surface area contributed by atoms with Gasteiger partial charge in [0.1, 0.15) is 0 Å². The molecule has 0 aromatic heterocycles. The second kappa shape index (κ2) is 9.00. The van der Waals surface area contributed by atoms with Crippen LogP contribution in [0.15, 0.2) is 0 Å². The van der Waals surface area contributed by atoms with Crippen molar-refractivity contribution in [1.29, 1.82) is 0 Å². The van der Waals surface area contributed by atoms with Crippen molar-refractivity contribution in [2.45, 2.75) is 52.6 Å². The van der Waals surface area contributed by atoms with Gasteiger partial charge < -0.3 is 10.6 Å². The van der Waals surface area contributed by atoms with Gasteiger partial charge in [-0.3, -0.25) is 15.0 Å². The fourth-order valence-electron chi connectivity index (χ4n) is 2.75. The smallest absolute Gasteiger partial charge is 0.321 e. The van der Waals surface area contributed by atoms with E-state index in [-0.39, 0.29) is 18.0 Å². The van der Waals surface area contributed by atoms with Crippen LogP contribution in [0.2, 0.25) is 0 Å². The Kier molecular flexibility index (Phi) is 7.67. The summed E-state index contributed by atoms with van der Waals surface area (Å²) in [7, 11) is 0. The number of carbonyl (C=O) groups is 2. The fourth-order valence-corrected chi connectivity index (χ4v) is 2.75. The fraction of sp³-hybridized carbons (Fsp3) is 0.867. The van der Waals surface area contributed by atoms with Crippen molar-refractivity contribution in [3.63, 3.8) is 0 Å². The van der Waals surface area contributed by atoms with E-state index < -0.39 is 6.03 Å². The van der Waals surface area contributed by atoms with Gasteiger partial charge in [-0.1, -0.05) is 0 Å². The van der Waals surface area contributed by atoms with Gasteiger partial charge in [0, 0.05) is 19.1 Å². The molecule has 1 unspecified atom stereocenters. The minimum absolute atomic E-state index is 0.233. The number of piperidine rings is 1. The van der Waals surface area contributed by atoms with Crippen molar-refractivity contribution < 1.29 is 9.59 Å². The first-order valence-electron chi connectivity index (χ1n) is 8.00. The summed E-state index contributed by atoms with van der Waals surface area (Å²) in [4.78, 5) is 25.8.